The van der Waals surface area contributed by atoms with Gasteiger partial charge in [0.1, 0.15) is 0 Å². The van der Waals surface area contributed by atoms with Crippen LogP contribution in [0, 0.1) is 5.41 Å². The second-order valence-corrected chi connectivity index (χ2v) is 5.74. The highest BCUT2D eigenvalue weighted by Crippen LogP contribution is 2.39. The standard InChI is InChI=1S/C14H18BrNO3/c1-9(10-4-6-11(15)7-5-10)14(2,8-12(16)17)13(18)19-3/h4-7,9H,8H2,1-3H3,(H2,16,17)/t9-,14?/m1/s1. The normalized spacial score (nSPS) is 15.4. The molecule has 0 heterocycles. The molecule has 2 atom stereocenters. The van der Waals surface area contributed by atoms with Crippen LogP contribution < -0.4 is 5.73 Å². The van der Waals surface area contributed by atoms with Gasteiger partial charge in [0.2, 0.25) is 5.91 Å². The summed E-state index contributed by atoms with van der Waals surface area (Å²) < 4.78 is 5.78. The Balaban J connectivity index is 3.13. The Bertz CT molecular complexity index is 472. The third-order valence-corrected chi connectivity index (χ3v) is 4.05. The van der Waals surface area contributed by atoms with E-state index in [0.717, 1.165) is 10.0 Å². The molecule has 1 aromatic rings. The molecular formula is C14H18BrNO3. The lowest BCUT2D eigenvalue weighted by molar-refractivity contribution is -0.155. The Hall–Kier alpha value is -1.36. The molecule has 1 amide bonds. The summed E-state index contributed by atoms with van der Waals surface area (Å²) in [6, 6.07) is 7.62. The zero-order chi connectivity index (χ0) is 14.6. The van der Waals surface area contributed by atoms with Crippen LogP contribution in [-0.4, -0.2) is 19.0 Å². The van der Waals surface area contributed by atoms with E-state index in [1.807, 2.05) is 31.2 Å². The average Bonchev–Trinajstić information content (AvgIpc) is 2.36. The number of carbonyl (C=O) groups is 2. The summed E-state index contributed by atoms with van der Waals surface area (Å²) in [5, 5.41) is 0. The number of amides is 1. The van der Waals surface area contributed by atoms with E-state index in [2.05, 4.69) is 15.9 Å². The first-order chi connectivity index (χ1) is 8.81. The number of esters is 1. The van der Waals surface area contributed by atoms with Crippen molar-refractivity contribution in [2.45, 2.75) is 26.2 Å². The lowest BCUT2D eigenvalue weighted by atomic mass is 9.72. The molecular weight excluding hydrogens is 310 g/mol. The van der Waals surface area contributed by atoms with Gasteiger partial charge in [0.15, 0.2) is 0 Å². The highest BCUT2D eigenvalue weighted by molar-refractivity contribution is 9.10. The van der Waals surface area contributed by atoms with Gasteiger partial charge in [-0.2, -0.15) is 0 Å². The summed E-state index contributed by atoms with van der Waals surface area (Å²) in [5.41, 5.74) is 5.25. The maximum absolute atomic E-state index is 12.0. The maximum atomic E-state index is 12.0. The summed E-state index contributed by atoms with van der Waals surface area (Å²) in [6.45, 7) is 3.60. The van der Waals surface area contributed by atoms with Gasteiger partial charge in [0.25, 0.3) is 0 Å². The van der Waals surface area contributed by atoms with Crippen LogP contribution in [0.15, 0.2) is 28.7 Å². The fraction of sp³-hybridized carbons (Fsp3) is 0.429. The number of ether oxygens (including phenoxy) is 1. The SMILES string of the molecule is COC(=O)C(C)(CC(N)=O)[C@H](C)c1ccc(Br)cc1. The number of hydrogen-bond donors (Lipinski definition) is 1. The molecule has 2 N–H and O–H groups in total. The van der Waals surface area contributed by atoms with E-state index < -0.39 is 17.3 Å². The number of rotatable bonds is 5. The van der Waals surface area contributed by atoms with Crippen LogP contribution in [0.1, 0.15) is 31.7 Å². The molecule has 0 radical (unpaired) electrons. The molecule has 0 bridgehead atoms. The van der Waals surface area contributed by atoms with E-state index in [1.54, 1.807) is 6.92 Å². The van der Waals surface area contributed by atoms with E-state index in [4.69, 9.17) is 10.5 Å². The van der Waals surface area contributed by atoms with E-state index in [-0.39, 0.29) is 12.3 Å². The summed E-state index contributed by atoms with van der Waals surface area (Å²) in [6.07, 6.45) is -0.0447. The number of methoxy groups -OCH3 is 1. The van der Waals surface area contributed by atoms with Gasteiger partial charge in [-0.25, -0.2) is 0 Å². The molecule has 4 nitrogen and oxygen atoms in total. The molecule has 0 fully saturated rings. The van der Waals surface area contributed by atoms with Gasteiger partial charge in [-0.15, -0.1) is 0 Å². The molecule has 19 heavy (non-hydrogen) atoms. The van der Waals surface area contributed by atoms with Crippen LogP contribution >= 0.6 is 15.9 Å². The van der Waals surface area contributed by atoms with Crippen molar-refractivity contribution in [2.75, 3.05) is 7.11 Å². The minimum absolute atomic E-state index is 0.0447. The Labute approximate surface area is 121 Å². The van der Waals surface area contributed by atoms with E-state index in [0.29, 0.717) is 0 Å². The van der Waals surface area contributed by atoms with Crippen molar-refractivity contribution < 1.29 is 14.3 Å². The number of hydrogen-bond acceptors (Lipinski definition) is 3. The smallest absolute Gasteiger partial charge is 0.312 e. The highest BCUT2D eigenvalue weighted by Gasteiger charge is 2.42. The summed E-state index contributed by atoms with van der Waals surface area (Å²) in [4.78, 5) is 23.2. The number of benzene rings is 1. The molecule has 1 aromatic carbocycles. The van der Waals surface area contributed by atoms with Gasteiger partial charge in [-0.1, -0.05) is 35.0 Å². The number of halogens is 1. The van der Waals surface area contributed by atoms with Gasteiger partial charge in [0.05, 0.1) is 12.5 Å². The van der Waals surface area contributed by atoms with Crippen LogP contribution in [0.25, 0.3) is 0 Å². The van der Waals surface area contributed by atoms with Crippen LogP contribution in [0.2, 0.25) is 0 Å². The van der Waals surface area contributed by atoms with E-state index >= 15 is 0 Å². The molecule has 1 rings (SSSR count). The minimum atomic E-state index is -0.964. The van der Waals surface area contributed by atoms with Crippen molar-refractivity contribution in [1.82, 2.24) is 0 Å². The predicted molar refractivity (Wildman–Crippen MR) is 76.5 cm³/mol. The Morgan fingerprint density at radius 2 is 1.89 bits per heavy atom. The first-order valence-electron chi connectivity index (χ1n) is 5.93. The summed E-state index contributed by atoms with van der Waals surface area (Å²) in [5.74, 6) is -1.13. The van der Waals surface area contributed by atoms with Crippen molar-refractivity contribution in [3.05, 3.63) is 34.3 Å². The monoisotopic (exact) mass is 327 g/mol. The predicted octanol–water partition coefficient (Wildman–Crippen LogP) is 2.61. The lowest BCUT2D eigenvalue weighted by Gasteiger charge is -2.32. The quantitative estimate of drug-likeness (QED) is 0.845. The van der Waals surface area contributed by atoms with Crippen LogP contribution in [0.3, 0.4) is 0 Å². The van der Waals surface area contributed by atoms with Gasteiger partial charge >= 0.3 is 5.97 Å². The molecule has 0 aliphatic carbocycles. The number of carbonyl (C=O) groups excluding carboxylic acids is 2. The topological polar surface area (TPSA) is 69.4 Å². The van der Waals surface area contributed by atoms with Crippen molar-refractivity contribution in [3.63, 3.8) is 0 Å². The van der Waals surface area contributed by atoms with Gasteiger partial charge in [-0.3, -0.25) is 9.59 Å². The molecule has 0 saturated carbocycles. The van der Waals surface area contributed by atoms with E-state index in [9.17, 15) is 9.59 Å². The average molecular weight is 328 g/mol. The van der Waals surface area contributed by atoms with Crippen LogP contribution in [0.4, 0.5) is 0 Å². The van der Waals surface area contributed by atoms with Gasteiger partial charge in [0, 0.05) is 10.9 Å². The van der Waals surface area contributed by atoms with Gasteiger partial charge < -0.3 is 10.5 Å². The molecule has 0 saturated heterocycles. The number of nitrogens with two attached hydrogens (primary N) is 1. The third kappa shape index (κ3) is 3.56. The highest BCUT2D eigenvalue weighted by atomic mass is 79.9. The van der Waals surface area contributed by atoms with Crippen LogP contribution in [0.5, 0.6) is 0 Å². The molecule has 0 spiro atoms. The third-order valence-electron chi connectivity index (χ3n) is 3.52. The molecule has 0 aromatic heterocycles. The van der Waals surface area contributed by atoms with E-state index in [1.165, 1.54) is 7.11 Å². The molecule has 0 aliphatic heterocycles. The molecule has 0 aliphatic rings. The molecule has 5 heteroatoms. The first-order valence-corrected chi connectivity index (χ1v) is 6.72. The Morgan fingerprint density at radius 3 is 2.32 bits per heavy atom. The summed E-state index contributed by atoms with van der Waals surface area (Å²) >= 11 is 3.36. The zero-order valence-electron chi connectivity index (χ0n) is 11.3. The maximum Gasteiger partial charge on any atom is 0.312 e. The second-order valence-electron chi connectivity index (χ2n) is 4.83. The first kappa shape index (κ1) is 15.7. The van der Waals surface area contributed by atoms with Crippen molar-refractivity contribution in [1.29, 1.82) is 0 Å². The second kappa shape index (κ2) is 6.19. The molecule has 104 valence electrons. The Kier molecular flexibility index (Phi) is 5.11. The molecule has 1 unspecified atom stereocenters. The van der Waals surface area contributed by atoms with Crippen molar-refractivity contribution in [2.24, 2.45) is 11.1 Å². The zero-order valence-corrected chi connectivity index (χ0v) is 12.9. The summed E-state index contributed by atoms with van der Waals surface area (Å²) in [7, 11) is 1.32. The van der Waals surface area contributed by atoms with Gasteiger partial charge in [-0.05, 0) is 30.5 Å². The fourth-order valence-corrected chi connectivity index (χ4v) is 2.38. The minimum Gasteiger partial charge on any atom is -0.469 e. The van der Waals surface area contributed by atoms with Crippen LogP contribution in [-0.2, 0) is 14.3 Å². The van der Waals surface area contributed by atoms with Crippen molar-refractivity contribution >= 4 is 27.8 Å². The Morgan fingerprint density at radius 1 is 1.37 bits per heavy atom. The lowest BCUT2D eigenvalue weighted by Crippen LogP contribution is -2.38. The van der Waals surface area contributed by atoms with Crippen molar-refractivity contribution in [3.8, 4) is 0 Å². The largest absolute Gasteiger partial charge is 0.469 e. The number of primary amides is 1. The fourth-order valence-electron chi connectivity index (χ4n) is 2.12.